The maximum absolute atomic E-state index is 12.3. The molecule has 0 aliphatic carbocycles. The highest BCUT2D eigenvalue weighted by Gasteiger charge is 2.15. The molecule has 5 heteroatoms. The number of nitrogens with zero attached hydrogens (tertiary/aromatic N) is 2. The van der Waals surface area contributed by atoms with Crippen molar-refractivity contribution < 1.29 is 4.79 Å². The fourth-order valence-corrected chi connectivity index (χ4v) is 3.07. The molecule has 1 saturated heterocycles. The van der Waals surface area contributed by atoms with Crippen molar-refractivity contribution in [1.29, 1.82) is 0 Å². The number of piperidine rings is 1. The van der Waals surface area contributed by atoms with E-state index in [9.17, 15) is 4.79 Å². The molecule has 1 amide bonds. The molecule has 0 spiro atoms. The zero-order valence-corrected chi connectivity index (χ0v) is 13.6. The van der Waals surface area contributed by atoms with Crippen LogP contribution in [-0.2, 0) is 0 Å². The van der Waals surface area contributed by atoms with Crippen molar-refractivity contribution in [2.75, 3.05) is 19.6 Å². The first kappa shape index (κ1) is 15.7. The van der Waals surface area contributed by atoms with E-state index >= 15 is 0 Å². The quantitative estimate of drug-likeness (QED) is 0.890. The van der Waals surface area contributed by atoms with Gasteiger partial charge in [-0.2, -0.15) is 5.10 Å². The second-order valence-electron chi connectivity index (χ2n) is 6.18. The number of aryl methyl sites for hydroxylation is 1. The van der Waals surface area contributed by atoms with Gasteiger partial charge in [0.2, 0.25) is 0 Å². The first-order valence-corrected chi connectivity index (χ1v) is 8.35. The van der Waals surface area contributed by atoms with Gasteiger partial charge < -0.3 is 10.6 Å². The number of carbonyl (C=O) groups excluding carboxylic acids is 1. The predicted octanol–water partition coefficient (Wildman–Crippen LogP) is 2.30. The molecule has 0 saturated carbocycles. The standard InChI is InChI=1S/C18H24N4O/c1-14-12-17(21-22(14)16-7-3-2-4-8-16)18(23)20-11-9-15-6-5-10-19-13-15/h2-4,7-8,12,15,19H,5-6,9-11,13H2,1H3,(H,20,23). The van der Waals surface area contributed by atoms with E-state index in [0.717, 1.165) is 30.9 Å². The molecule has 1 fully saturated rings. The van der Waals surface area contributed by atoms with Crippen LogP contribution in [0.5, 0.6) is 0 Å². The first-order valence-electron chi connectivity index (χ1n) is 8.35. The molecule has 122 valence electrons. The van der Waals surface area contributed by atoms with Crippen molar-refractivity contribution in [2.24, 2.45) is 5.92 Å². The topological polar surface area (TPSA) is 59.0 Å². The summed E-state index contributed by atoms with van der Waals surface area (Å²) in [5.74, 6) is 0.583. The maximum Gasteiger partial charge on any atom is 0.271 e. The summed E-state index contributed by atoms with van der Waals surface area (Å²) < 4.78 is 1.81. The zero-order chi connectivity index (χ0) is 16.1. The van der Waals surface area contributed by atoms with E-state index in [1.165, 1.54) is 12.8 Å². The maximum atomic E-state index is 12.3. The third-order valence-electron chi connectivity index (χ3n) is 4.36. The molecule has 1 unspecified atom stereocenters. The lowest BCUT2D eigenvalue weighted by Crippen LogP contribution is -2.33. The summed E-state index contributed by atoms with van der Waals surface area (Å²) in [6.45, 7) is 4.86. The van der Waals surface area contributed by atoms with Gasteiger partial charge in [0.1, 0.15) is 0 Å². The number of hydrogen-bond acceptors (Lipinski definition) is 3. The lowest BCUT2D eigenvalue weighted by atomic mass is 9.96. The van der Waals surface area contributed by atoms with E-state index in [0.29, 0.717) is 18.2 Å². The molecule has 2 aromatic rings. The third-order valence-corrected chi connectivity index (χ3v) is 4.36. The number of nitrogens with one attached hydrogen (secondary N) is 2. The van der Waals surface area contributed by atoms with Gasteiger partial charge >= 0.3 is 0 Å². The van der Waals surface area contributed by atoms with E-state index in [1.54, 1.807) is 4.68 Å². The Labute approximate surface area is 137 Å². The van der Waals surface area contributed by atoms with Crippen LogP contribution in [0.1, 0.15) is 35.4 Å². The molecule has 1 atom stereocenters. The fraction of sp³-hybridized carbons (Fsp3) is 0.444. The molecule has 1 aromatic heterocycles. The molecule has 1 aromatic carbocycles. The number of amides is 1. The van der Waals surface area contributed by atoms with Crippen LogP contribution in [0, 0.1) is 12.8 Å². The van der Waals surface area contributed by atoms with Gasteiger partial charge in [0.15, 0.2) is 5.69 Å². The van der Waals surface area contributed by atoms with E-state index in [1.807, 2.05) is 43.3 Å². The number of carbonyl (C=O) groups is 1. The summed E-state index contributed by atoms with van der Waals surface area (Å²) >= 11 is 0. The summed E-state index contributed by atoms with van der Waals surface area (Å²) in [7, 11) is 0. The largest absolute Gasteiger partial charge is 0.351 e. The van der Waals surface area contributed by atoms with Crippen LogP contribution in [0.4, 0.5) is 0 Å². The van der Waals surface area contributed by atoms with E-state index < -0.39 is 0 Å². The number of hydrogen-bond donors (Lipinski definition) is 2. The highest BCUT2D eigenvalue weighted by molar-refractivity contribution is 5.92. The fourth-order valence-electron chi connectivity index (χ4n) is 3.07. The molecule has 23 heavy (non-hydrogen) atoms. The van der Waals surface area contributed by atoms with Crippen molar-refractivity contribution in [3.8, 4) is 5.69 Å². The van der Waals surface area contributed by atoms with Gasteiger partial charge in [0.05, 0.1) is 5.69 Å². The average molecular weight is 312 g/mol. The Kier molecular flexibility index (Phi) is 5.08. The second kappa shape index (κ2) is 7.42. The molecule has 5 nitrogen and oxygen atoms in total. The summed E-state index contributed by atoms with van der Waals surface area (Å²) in [6.07, 6.45) is 3.51. The summed E-state index contributed by atoms with van der Waals surface area (Å²) in [6, 6.07) is 11.7. The van der Waals surface area contributed by atoms with Crippen molar-refractivity contribution in [1.82, 2.24) is 20.4 Å². The van der Waals surface area contributed by atoms with Gasteiger partial charge in [0.25, 0.3) is 5.91 Å². The predicted molar refractivity (Wildman–Crippen MR) is 90.8 cm³/mol. The second-order valence-corrected chi connectivity index (χ2v) is 6.18. The highest BCUT2D eigenvalue weighted by atomic mass is 16.1. The van der Waals surface area contributed by atoms with Crippen LogP contribution >= 0.6 is 0 Å². The molecule has 0 radical (unpaired) electrons. The Bertz CT molecular complexity index is 644. The Hall–Kier alpha value is -2.14. The third kappa shape index (κ3) is 3.99. The van der Waals surface area contributed by atoms with Crippen molar-refractivity contribution in [2.45, 2.75) is 26.2 Å². The molecular weight excluding hydrogens is 288 g/mol. The number of aromatic nitrogens is 2. The van der Waals surface area contributed by atoms with E-state index in [4.69, 9.17) is 0 Å². The van der Waals surface area contributed by atoms with Gasteiger partial charge in [0, 0.05) is 12.2 Å². The lowest BCUT2D eigenvalue weighted by Gasteiger charge is -2.22. The van der Waals surface area contributed by atoms with Crippen LogP contribution in [-0.4, -0.2) is 35.3 Å². The number of rotatable bonds is 5. The summed E-state index contributed by atoms with van der Waals surface area (Å²) in [5, 5.41) is 10.8. The molecule has 2 heterocycles. The monoisotopic (exact) mass is 312 g/mol. The van der Waals surface area contributed by atoms with Crippen LogP contribution in [0.2, 0.25) is 0 Å². The van der Waals surface area contributed by atoms with E-state index in [2.05, 4.69) is 15.7 Å². The number of para-hydroxylation sites is 1. The Morgan fingerprint density at radius 1 is 1.39 bits per heavy atom. The minimum Gasteiger partial charge on any atom is -0.351 e. The van der Waals surface area contributed by atoms with Gasteiger partial charge in [-0.05, 0) is 63.4 Å². The van der Waals surface area contributed by atoms with E-state index in [-0.39, 0.29) is 5.91 Å². The summed E-state index contributed by atoms with van der Waals surface area (Å²) in [5.41, 5.74) is 2.41. The normalized spacial score (nSPS) is 17.9. The molecular formula is C18H24N4O. The van der Waals surface area contributed by atoms with Gasteiger partial charge in [-0.3, -0.25) is 4.79 Å². The summed E-state index contributed by atoms with van der Waals surface area (Å²) in [4.78, 5) is 12.3. The van der Waals surface area contributed by atoms with Crippen molar-refractivity contribution in [3.63, 3.8) is 0 Å². The highest BCUT2D eigenvalue weighted by Crippen LogP contribution is 2.14. The van der Waals surface area contributed by atoms with Crippen molar-refractivity contribution >= 4 is 5.91 Å². The lowest BCUT2D eigenvalue weighted by molar-refractivity contribution is 0.0945. The Morgan fingerprint density at radius 2 is 2.22 bits per heavy atom. The SMILES string of the molecule is Cc1cc(C(=O)NCCC2CCCNC2)nn1-c1ccccc1. The van der Waals surface area contributed by atoms with Gasteiger partial charge in [-0.15, -0.1) is 0 Å². The van der Waals surface area contributed by atoms with Crippen LogP contribution in [0.25, 0.3) is 5.69 Å². The van der Waals surface area contributed by atoms with Crippen molar-refractivity contribution in [3.05, 3.63) is 47.8 Å². The molecule has 3 rings (SSSR count). The molecule has 2 N–H and O–H groups in total. The first-order chi connectivity index (χ1) is 11.2. The zero-order valence-electron chi connectivity index (χ0n) is 13.6. The van der Waals surface area contributed by atoms with Gasteiger partial charge in [-0.1, -0.05) is 18.2 Å². The minimum absolute atomic E-state index is 0.0912. The minimum atomic E-state index is -0.0912. The Balaban J connectivity index is 1.57. The van der Waals surface area contributed by atoms with Crippen LogP contribution in [0.15, 0.2) is 36.4 Å². The number of benzene rings is 1. The van der Waals surface area contributed by atoms with Gasteiger partial charge in [-0.25, -0.2) is 4.68 Å². The smallest absolute Gasteiger partial charge is 0.271 e. The van der Waals surface area contributed by atoms with Crippen LogP contribution < -0.4 is 10.6 Å². The molecule has 1 aliphatic heterocycles. The Morgan fingerprint density at radius 3 is 2.96 bits per heavy atom. The molecule has 1 aliphatic rings. The average Bonchev–Trinajstić information content (AvgIpc) is 2.98. The van der Waals surface area contributed by atoms with Crippen LogP contribution in [0.3, 0.4) is 0 Å². The molecule has 0 bridgehead atoms.